The summed E-state index contributed by atoms with van der Waals surface area (Å²) >= 11 is 1.77. The molecule has 1 unspecified atom stereocenters. The molecule has 1 heterocycles. The Morgan fingerprint density at radius 1 is 1.29 bits per heavy atom. The molecule has 0 aromatic carbocycles. The van der Waals surface area contributed by atoms with Gasteiger partial charge in [-0.15, -0.1) is 11.8 Å². The zero-order valence-corrected chi connectivity index (χ0v) is 10.5. The molecule has 0 spiro atoms. The molecule has 2 atom stereocenters. The molecule has 0 radical (unpaired) electrons. The number of hydrogen-bond acceptors (Lipinski definition) is 3. The predicted octanol–water partition coefficient (Wildman–Crippen LogP) is 2.44. The van der Waals surface area contributed by atoms with Gasteiger partial charge in [-0.3, -0.25) is 0 Å². The van der Waals surface area contributed by atoms with Crippen molar-refractivity contribution in [3.05, 3.63) is 0 Å². The first-order chi connectivity index (χ1) is 6.72. The van der Waals surface area contributed by atoms with Gasteiger partial charge in [0.15, 0.2) is 0 Å². The summed E-state index contributed by atoms with van der Waals surface area (Å²) in [5.41, 5.74) is 0.344. The summed E-state index contributed by atoms with van der Waals surface area (Å²) in [4.78, 5) is 2.55. The highest BCUT2D eigenvalue weighted by Gasteiger charge is 2.15. The molecule has 0 N–H and O–H groups in total. The Balaban J connectivity index is 2.05. The van der Waals surface area contributed by atoms with Crippen LogP contribution in [0.5, 0.6) is 0 Å². The molecule has 2 nitrogen and oxygen atoms in total. The molecule has 0 aliphatic carbocycles. The van der Waals surface area contributed by atoms with Crippen molar-refractivity contribution in [2.24, 2.45) is 5.92 Å². The van der Waals surface area contributed by atoms with Crippen molar-refractivity contribution in [3.8, 4) is 0 Å². The molecule has 0 saturated carbocycles. The van der Waals surface area contributed by atoms with Crippen molar-refractivity contribution in [2.45, 2.75) is 32.1 Å². The number of nitrogens with zero attached hydrogens (tertiary/aromatic N) is 1. The van der Waals surface area contributed by atoms with E-state index in [1.807, 2.05) is 0 Å². The van der Waals surface area contributed by atoms with Crippen LogP contribution in [0.3, 0.4) is 0 Å². The summed E-state index contributed by atoms with van der Waals surface area (Å²) in [5, 5.41) is 0. The Morgan fingerprint density at radius 2 is 1.93 bits per heavy atom. The third-order valence-corrected chi connectivity index (χ3v) is 3.52. The normalized spacial score (nSPS) is 22.5. The molecule has 1 saturated heterocycles. The highest BCUT2D eigenvalue weighted by molar-refractivity contribution is 7.99. The van der Waals surface area contributed by atoms with E-state index in [1.54, 1.807) is 11.8 Å². The maximum atomic E-state index is 5.70. The Hall–Kier alpha value is 0.270. The van der Waals surface area contributed by atoms with E-state index < -0.39 is 0 Å². The van der Waals surface area contributed by atoms with E-state index in [2.05, 4.69) is 25.0 Å². The first kappa shape index (κ1) is 12.3. The van der Waals surface area contributed by atoms with E-state index in [0.717, 1.165) is 6.61 Å². The third-order valence-electron chi connectivity index (χ3n) is 2.72. The van der Waals surface area contributed by atoms with Crippen LogP contribution in [0.15, 0.2) is 0 Å². The van der Waals surface area contributed by atoms with Gasteiger partial charge < -0.3 is 9.64 Å². The lowest BCUT2D eigenvalue weighted by molar-refractivity contribution is 0.0832. The predicted molar refractivity (Wildman–Crippen MR) is 63.8 cm³/mol. The molecule has 84 valence electrons. The minimum absolute atomic E-state index is 0.344. The molecule has 14 heavy (non-hydrogen) atoms. The third kappa shape index (κ3) is 4.67. The van der Waals surface area contributed by atoms with Crippen LogP contribution in [-0.2, 0) is 4.74 Å². The molecule has 0 aromatic rings. The van der Waals surface area contributed by atoms with Crippen LogP contribution >= 0.6 is 11.8 Å². The second-order valence-corrected chi connectivity index (χ2v) is 5.38. The summed E-state index contributed by atoms with van der Waals surface area (Å²) in [5.74, 6) is 0.669. The molecular weight excluding hydrogens is 194 g/mol. The summed E-state index contributed by atoms with van der Waals surface area (Å²) < 4.78 is 5.70. The summed E-state index contributed by atoms with van der Waals surface area (Å²) in [6.07, 6.45) is 4.86. The average molecular weight is 217 g/mol. The van der Waals surface area contributed by atoms with Crippen LogP contribution in [0.1, 0.15) is 26.7 Å². The van der Waals surface area contributed by atoms with Gasteiger partial charge in [0.1, 0.15) is 0 Å². The minimum atomic E-state index is 0.344. The lowest BCUT2D eigenvalue weighted by Gasteiger charge is -2.21. The number of hydrogen-bond donors (Lipinski definition) is 0. The van der Waals surface area contributed by atoms with Gasteiger partial charge in [-0.25, -0.2) is 0 Å². The summed E-state index contributed by atoms with van der Waals surface area (Å²) in [6, 6.07) is 0. The quantitative estimate of drug-likeness (QED) is 0.634. The Bertz CT molecular complexity index is 148. The van der Waals surface area contributed by atoms with Crippen LogP contribution < -0.4 is 0 Å². The van der Waals surface area contributed by atoms with E-state index in [1.165, 1.54) is 32.5 Å². The standard InChI is InChI=1S/C11H23NOS/c1-10(9-13-11(2)14-3)8-12-6-4-5-7-12/h10-11H,4-9H2,1-3H3/t10-,11?/m0/s1. The van der Waals surface area contributed by atoms with Gasteiger partial charge in [-0.2, -0.15) is 0 Å². The zero-order valence-electron chi connectivity index (χ0n) is 9.66. The number of ether oxygens (including phenoxy) is 1. The summed E-state index contributed by atoms with van der Waals surface area (Å²) in [6.45, 7) is 9.10. The van der Waals surface area contributed by atoms with E-state index in [4.69, 9.17) is 4.74 Å². The van der Waals surface area contributed by atoms with Crippen molar-refractivity contribution in [2.75, 3.05) is 32.5 Å². The molecule has 1 aliphatic heterocycles. The van der Waals surface area contributed by atoms with Crippen LogP contribution in [0, 0.1) is 5.92 Å². The van der Waals surface area contributed by atoms with Crippen LogP contribution in [0.4, 0.5) is 0 Å². The zero-order chi connectivity index (χ0) is 10.4. The number of rotatable bonds is 6. The molecule has 0 aromatic heterocycles. The summed E-state index contributed by atoms with van der Waals surface area (Å²) in [7, 11) is 0. The van der Waals surface area contributed by atoms with E-state index in [9.17, 15) is 0 Å². The van der Waals surface area contributed by atoms with Gasteiger partial charge in [0, 0.05) is 6.54 Å². The molecule has 0 amide bonds. The SMILES string of the molecule is CSC(C)OC[C@@H](C)CN1CCCC1. The molecule has 1 rings (SSSR count). The van der Waals surface area contributed by atoms with Gasteiger partial charge >= 0.3 is 0 Å². The second kappa shape index (κ2) is 6.70. The highest BCUT2D eigenvalue weighted by Crippen LogP contribution is 2.12. The van der Waals surface area contributed by atoms with Gasteiger partial charge in [-0.05, 0) is 45.0 Å². The fourth-order valence-electron chi connectivity index (χ4n) is 1.83. The van der Waals surface area contributed by atoms with Crippen LogP contribution in [-0.4, -0.2) is 42.8 Å². The van der Waals surface area contributed by atoms with Gasteiger partial charge in [0.25, 0.3) is 0 Å². The smallest absolute Gasteiger partial charge is 0.0996 e. The Labute approximate surface area is 92.4 Å². The lowest BCUT2D eigenvalue weighted by Crippen LogP contribution is -2.28. The van der Waals surface area contributed by atoms with Crippen molar-refractivity contribution in [1.29, 1.82) is 0 Å². The van der Waals surface area contributed by atoms with Gasteiger partial charge in [0.2, 0.25) is 0 Å². The fourth-order valence-corrected chi connectivity index (χ4v) is 2.04. The topological polar surface area (TPSA) is 12.5 Å². The van der Waals surface area contributed by atoms with Crippen molar-refractivity contribution in [3.63, 3.8) is 0 Å². The highest BCUT2D eigenvalue weighted by atomic mass is 32.2. The van der Waals surface area contributed by atoms with Crippen molar-refractivity contribution in [1.82, 2.24) is 4.90 Å². The first-order valence-corrected chi connectivity index (χ1v) is 6.88. The van der Waals surface area contributed by atoms with Crippen molar-refractivity contribution < 1.29 is 4.74 Å². The lowest BCUT2D eigenvalue weighted by atomic mass is 10.2. The Morgan fingerprint density at radius 3 is 2.50 bits per heavy atom. The van der Waals surface area contributed by atoms with Gasteiger partial charge in [0.05, 0.1) is 12.0 Å². The maximum absolute atomic E-state index is 5.70. The largest absolute Gasteiger partial charge is 0.368 e. The molecule has 1 aliphatic rings. The minimum Gasteiger partial charge on any atom is -0.368 e. The average Bonchev–Trinajstić information content (AvgIpc) is 2.66. The monoisotopic (exact) mass is 217 g/mol. The van der Waals surface area contributed by atoms with Gasteiger partial charge in [-0.1, -0.05) is 6.92 Å². The Kier molecular flexibility index (Phi) is 5.90. The number of thioether (sulfide) groups is 1. The number of likely N-dealkylation sites (tertiary alicyclic amines) is 1. The molecule has 0 bridgehead atoms. The van der Waals surface area contributed by atoms with Crippen molar-refractivity contribution >= 4 is 11.8 Å². The fraction of sp³-hybridized carbons (Fsp3) is 1.00. The first-order valence-electron chi connectivity index (χ1n) is 5.59. The van der Waals surface area contributed by atoms with E-state index >= 15 is 0 Å². The van der Waals surface area contributed by atoms with E-state index in [0.29, 0.717) is 11.4 Å². The van der Waals surface area contributed by atoms with E-state index in [-0.39, 0.29) is 0 Å². The maximum Gasteiger partial charge on any atom is 0.0996 e. The second-order valence-electron chi connectivity index (χ2n) is 4.25. The molecule has 1 fully saturated rings. The van der Waals surface area contributed by atoms with Crippen LogP contribution in [0.2, 0.25) is 0 Å². The molecule has 3 heteroatoms. The molecular formula is C11H23NOS. The van der Waals surface area contributed by atoms with Crippen LogP contribution in [0.25, 0.3) is 0 Å².